The lowest BCUT2D eigenvalue weighted by Gasteiger charge is -2.18. The minimum atomic E-state index is -0.992. The summed E-state index contributed by atoms with van der Waals surface area (Å²) in [6.45, 7) is 2.45. The number of carboxylic acid groups (broad SMARTS) is 1. The molecule has 1 unspecified atom stereocenters. The van der Waals surface area contributed by atoms with E-state index in [0.717, 1.165) is 22.3 Å². The van der Waals surface area contributed by atoms with Gasteiger partial charge in [0.1, 0.15) is 6.61 Å². The van der Waals surface area contributed by atoms with E-state index in [4.69, 9.17) is 9.47 Å². The van der Waals surface area contributed by atoms with Gasteiger partial charge in [-0.25, -0.2) is 4.79 Å². The molecule has 4 aromatic rings. The maximum atomic E-state index is 11.9. The van der Waals surface area contributed by atoms with Gasteiger partial charge in [0.15, 0.2) is 17.6 Å². The van der Waals surface area contributed by atoms with E-state index in [9.17, 15) is 9.90 Å². The van der Waals surface area contributed by atoms with Crippen LogP contribution in [0.4, 0.5) is 0 Å². The number of carbonyl (C=O) groups is 1. The van der Waals surface area contributed by atoms with Crippen molar-refractivity contribution in [2.24, 2.45) is 0 Å². The maximum absolute atomic E-state index is 11.9. The highest BCUT2D eigenvalue weighted by atomic mass is 16.5. The predicted molar refractivity (Wildman–Crippen MR) is 134 cm³/mol. The van der Waals surface area contributed by atoms with Crippen molar-refractivity contribution in [3.63, 3.8) is 0 Å². The van der Waals surface area contributed by atoms with Gasteiger partial charge in [0.25, 0.3) is 0 Å². The Kier molecular flexibility index (Phi) is 7.61. The molecular weight excluding hydrogens is 424 g/mol. The first-order valence-electron chi connectivity index (χ1n) is 11.4. The molecule has 0 saturated carbocycles. The van der Waals surface area contributed by atoms with Gasteiger partial charge in [0.2, 0.25) is 0 Å². The van der Waals surface area contributed by atoms with Gasteiger partial charge in [-0.2, -0.15) is 0 Å². The van der Waals surface area contributed by atoms with Crippen LogP contribution in [0, 0.1) is 6.92 Å². The van der Waals surface area contributed by atoms with Gasteiger partial charge in [-0.1, -0.05) is 96.6 Å². The molecule has 4 nitrogen and oxygen atoms in total. The number of para-hydroxylation sites is 2. The maximum Gasteiger partial charge on any atom is 0.344 e. The van der Waals surface area contributed by atoms with Crippen LogP contribution < -0.4 is 9.47 Å². The van der Waals surface area contributed by atoms with E-state index in [1.54, 1.807) is 12.1 Å². The first-order chi connectivity index (χ1) is 16.6. The molecule has 4 rings (SSSR count). The molecule has 0 heterocycles. The Labute approximate surface area is 200 Å². The SMILES string of the molecule is Cc1ccc(-c2ccc(CCC(Oc3ccccc3OCc3ccccc3)C(=O)O)cc2)cc1. The fourth-order valence-electron chi connectivity index (χ4n) is 3.70. The van der Waals surface area contributed by atoms with Crippen molar-refractivity contribution in [2.45, 2.75) is 32.5 Å². The Morgan fingerprint density at radius 3 is 1.97 bits per heavy atom. The molecular formula is C30H28O4. The second kappa shape index (κ2) is 11.2. The Morgan fingerprint density at radius 2 is 1.32 bits per heavy atom. The zero-order chi connectivity index (χ0) is 23.8. The van der Waals surface area contributed by atoms with Crippen LogP contribution in [0.15, 0.2) is 103 Å². The number of aryl methyl sites for hydroxylation is 2. The first-order valence-corrected chi connectivity index (χ1v) is 11.4. The normalized spacial score (nSPS) is 11.6. The average Bonchev–Trinajstić information content (AvgIpc) is 2.87. The zero-order valence-corrected chi connectivity index (χ0v) is 19.2. The molecule has 4 heteroatoms. The Bertz CT molecular complexity index is 1200. The quantitative estimate of drug-likeness (QED) is 0.291. The Morgan fingerprint density at radius 1 is 0.735 bits per heavy atom. The second-order valence-electron chi connectivity index (χ2n) is 8.27. The van der Waals surface area contributed by atoms with E-state index >= 15 is 0 Å². The van der Waals surface area contributed by atoms with Crippen LogP contribution in [-0.2, 0) is 17.8 Å². The van der Waals surface area contributed by atoms with Crippen LogP contribution in [0.1, 0.15) is 23.1 Å². The van der Waals surface area contributed by atoms with Crippen molar-refractivity contribution in [3.8, 4) is 22.6 Å². The van der Waals surface area contributed by atoms with Crippen molar-refractivity contribution in [1.29, 1.82) is 0 Å². The number of hydrogen-bond acceptors (Lipinski definition) is 3. The molecule has 4 aromatic carbocycles. The van der Waals surface area contributed by atoms with Crippen molar-refractivity contribution < 1.29 is 19.4 Å². The Hall–Kier alpha value is -4.05. The number of rotatable bonds is 10. The Balaban J connectivity index is 1.38. The van der Waals surface area contributed by atoms with Crippen molar-refractivity contribution in [3.05, 3.63) is 120 Å². The largest absolute Gasteiger partial charge is 0.485 e. The molecule has 0 aliphatic heterocycles. The number of aliphatic carboxylic acids is 1. The fourth-order valence-corrected chi connectivity index (χ4v) is 3.70. The number of hydrogen-bond donors (Lipinski definition) is 1. The second-order valence-corrected chi connectivity index (χ2v) is 8.27. The van der Waals surface area contributed by atoms with Gasteiger partial charge in [-0.15, -0.1) is 0 Å². The highest BCUT2D eigenvalue weighted by Crippen LogP contribution is 2.29. The zero-order valence-electron chi connectivity index (χ0n) is 19.2. The van der Waals surface area contributed by atoms with E-state index in [0.29, 0.717) is 30.9 Å². The molecule has 1 N–H and O–H groups in total. The topological polar surface area (TPSA) is 55.8 Å². The number of ether oxygens (including phenoxy) is 2. The molecule has 0 aliphatic carbocycles. The molecule has 1 atom stereocenters. The van der Waals surface area contributed by atoms with Gasteiger partial charge in [-0.05, 0) is 54.2 Å². The highest BCUT2D eigenvalue weighted by molar-refractivity contribution is 5.73. The molecule has 0 bridgehead atoms. The lowest BCUT2D eigenvalue weighted by atomic mass is 10.0. The summed E-state index contributed by atoms with van der Waals surface area (Å²) >= 11 is 0. The van der Waals surface area contributed by atoms with E-state index in [1.165, 1.54) is 5.56 Å². The fraction of sp³-hybridized carbons (Fsp3) is 0.167. The minimum absolute atomic E-state index is 0.353. The summed E-state index contributed by atoms with van der Waals surface area (Å²) in [6, 6.07) is 33.7. The number of carboxylic acids is 1. The van der Waals surface area contributed by atoms with E-state index in [1.807, 2.05) is 54.6 Å². The standard InChI is InChI=1S/C30H28O4/c1-22-11-16-25(17-12-22)26-18-13-23(14-19-26)15-20-29(30(31)32)34-28-10-6-5-9-27(28)33-21-24-7-3-2-4-8-24/h2-14,16-19,29H,15,20-21H2,1H3,(H,31,32). The van der Waals surface area contributed by atoms with Crippen LogP contribution >= 0.6 is 0 Å². The smallest absolute Gasteiger partial charge is 0.344 e. The monoisotopic (exact) mass is 452 g/mol. The number of benzene rings is 4. The molecule has 172 valence electrons. The molecule has 34 heavy (non-hydrogen) atoms. The summed E-state index contributed by atoms with van der Waals surface area (Å²) in [6.07, 6.45) is -0.0250. The summed E-state index contributed by atoms with van der Waals surface area (Å²) in [7, 11) is 0. The van der Waals surface area contributed by atoms with Crippen molar-refractivity contribution in [2.75, 3.05) is 0 Å². The van der Waals surface area contributed by atoms with E-state index < -0.39 is 12.1 Å². The third kappa shape index (κ3) is 6.26. The van der Waals surface area contributed by atoms with Crippen LogP contribution in [0.5, 0.6) is 11.5 Å². The molecule has 0 aliphatic rings. The van der Waals surface area contributed by atoms with Gasteiger partial charge in [0, 0.05) is 0 Å². The van der Waals surface area contributed by atoms with Crippen LogP contribution in [0.2, 0.25) is 0 Å². The third-order valence-electron chi connectivity index (χ3n) is 5.67. The van der Waals surface area contributed by atoms with Gasteiger partial charge in [-0.3, -0.25) is 0 Å². The summed E-state index contributed by atoms with van der Waals surface area (Å²) in [4.78, 5) is 11.9. The van der Waals surface area contributed by atoms with Gasteiger partial charge < -0.3 is 14.6 Å². The van der Waals surface area contributed by atoms with Crippen LogP contribution in [0.25, 0.3) is 11.1 Å². The molecule has 0 fully saturated rings. The van der Waals surface area contributed by atoms with Gasteiger partial charge >= 0.3 is 5.97 Å². The predicted octanol–water partition coefficient (Wildman–Crippen LogP) is 6.71. The van der Waals surface area contributed by atoms with E-state index in [2.05, 4.69) is 43.3 Å². The third-order valence-corrected chi connectivity index (χ3v) is 5.67. The highest BCUT2D eigenvalue weighted by Gasteiger charge is 2.21. The minimum Gasteiger partial charge on any atom is -0.485 e. The van der Waals surface area contributed by atoms with Crippen molar-refractivity contribution in [1.82, 2.24) is 0 Å². The van der Waals surface area contributed by atoms with Gasteiger partial charge in [0.05, 0.1) is 0 Å². The van der Waals surface area contributed by atoms with Crippen LogP contribution in [-0.4, -0.2) is 17.2 Å². The molecule has 0 saturated heterocycles. The summed E-state index contributed by atoms with van der Waals surface area (Å²) in [5, 5.41) is 9.76. The summed E-state index contributed by atoms with van der Waals surface area (Å²) in [5.74, 6) is -0.0326. The van der Waals surface area contributed by atoms with E-state index in [-0.39, 0.29) is 0 Å². The molecule has 0 amide bonds. The van der Waals surface area contributed by atoms with Crippen molar-refractivity contribution >= 4 is 5.97 Å². The van der Waals surface area contributed by atoms with Crippen LogP contribution in [0.3, 0.4) is 0 Å². The molecule has 0 spiro atoms. The lowest BCUT2D eigenvalue weighted by Crippen LogP contribution is -2.27. The lowest BCUT2D eigenvalue weighted by molar-refractivity contribution is -0.145. The molecule has 0 aromatic heterocycles. The summed E-state index contributed by atoms with van der Waals surface area (Å²) in [5.41, 5.74) is 5.63. The average molecular weight is 453 g/mol. The molecule has 0 radical (unpaired) electrons. The summed E-state index contributed by atoms with van der Waals surface area (Å²) < 4.78 is 11.8. The first kappa shape index (κ1) is 23.1.